The number of halogens is 1. The zero-order valence-electron chi connectivity index (χ0n) is 8.52. The van der Waals surface area contributed by atoms with Crippen LogP contribution in [0.4, 0.5) is 0 Å². The molecule has 0 radical (unpaired) electrons. The fraction of sp³-hybridized carbons (Fsp3) is 0.333. The van der Waals surface area contributed by atoms with Crippen LogP contribution in [0.25, 0.3) is 0 Å². The minimum absolute atomic E-state index is 0. The van der Waals surface area contributed by atoms with Gasteiger partial charge in [-0.1, -0.05) is 42.5 Å². The molecule has 0 aromatic heterocycles. The summed E-state index contributed by atoms with van der Waals surface area (Å²) >= 11 is 0. The lowest BCUT2D eigenvalue weighted by atomic mass is 10.1. The number of hydrogen-bond donors (Lipinski definition) is 1. The van der Waals surface area contributed by atoms with Gasteiger partial charge in [0.1, 0.15) is 0 Å². The Morgan fingerprint density at radius 1 is 1.29 bits per heavy atom. The van der Waals surface area contributed by atoms with Crippen LogP contribution in [-0.4, -0.2) is 6.04 Å². The number of rotatable bonds is 4. The summed E-state index contributed by atoms with van der Waals surface area (Å²) in [6, 6.07) is 10.7. The van der Waals surface area contributed by atoms with E-state index in [1.54, 1.807) is 0 Å². The van der Waals surface area contributed by atoms with Crippen molar-refractivity contribution in [1.29, 1.82) is 0 Å². The summed E-state index contributed by atoms with van der Waals surface area (Å²) in [6.07, 6.45) is 6.37. The van der Waals surface area contributed by atoms with Crippen LogP contribution in [0.3, 0.4) is 0 Å². The standard InChI is InChI=1S/C12H17N.ClH/c1-11(13)7-5-6-10-12-8-3-2-4-9-12;/h2-5,7-9,11H,6,10,13H2,1H3;1H/b7-5+;. The normalized spacial score (nSPS) is 12.4. The van der Waals surface area contributed by atoms with Gasteiger partial charge < -0.3 is 5.73 Å². The van der Waals surface area contributed by atoms with E-state index in [1.165, 1.54) is 5.56 Å². The molecule has 0 bridgehead atoms. The van der Waals surface area contributed by atoms with Crippen molar-refractivity contribution in [3.05, 3.63) is 48.0 Å². The first-order chi connectivity index (χ1) is 6.29. The molecule has 0 fully saturated rings. The Kier molecular flexibility index (Phi) is 7.17. The van der Waals surface area contributed by atoms with Crippen LogP contribution in [0.5, 0.6) is 0 Å². The summed E-state index contributed by atoms with van der Waals surface area (Å²) in [5.41, 5.74) is 6.97. The fourth-order valence-corrected chi connectivity index (χ4v) is 1.21. The quantitative estimate of drug-likeness (QED) is 0.762. The van der Waals surface area contributed by atoms with E-state index in [-0.39, 0.29) is 18.4 Å². The summed E-state index contributed by atoms with van der Waals surface area (Å²) in [7, 11) is 0. The summed E-state index contributed by atoms with van der Waals surface area (Å²) in [4.78, 5) is 0. The fourth-order valence-electron chi connectivity index (χ4n) is 1.21. The molecule has 0 aliphatic heterocycles. The third-order valence-corrected chi connectivity index (χ3v) is 1.88. The SMILES string of the molecule is CC(N)/C=C/CCc1ccccc1.Cl. The highest BCUT2D eigenvalue weighted by Gasteiger charge is 1.88. The minimum Gasteiger partial charge on any atom is -0.325 e. The first-order valence-electron chi connectivity index (χ1n) is 4.75. The number of allylic oxidation sites excluding steroid dienone is 1. The highest BCUT2D eigenvalue weighted by molar-refractivity contribution is 5.85. The Balaban J connectivity index is 0.00000169. The van der Waals surface area contributed by atoms with Crippen molar-refractivity contribution in [2.45, 2.75) is 25.8 Å². The van der Waals surface area contributed by atoms with Gasteiger partial charge in [-0.05, 0) is 25.3 Å². The Morgan fingerprint density at radius 3 is 2.50 bits per heavy atom. The van der Waals surface area contributed by atoms with Crippen molar-refractivity contribution in [1.82, 2.24) is 0 Å². The summed E-state index contributed by atoms with van der Waals surface area (Å²) in [5.74, 6) is 0. The van der Waals surface area contributed by atoms with Gasteiger partial charge in [0, 0.05) is 6.04 Å². The molecule has 2 N–H and O–H groups in total. The van der Waals surface area contributed by atoms with Crippen molar-refractivity contribution in [3.8, 4) is 0 Å². The molecule has 0 spiro atoms. The molecule has 1 unspecified atom stereocenters. The summed E-state index contributed by atoms with van der Waals surface area (Å²) in [6.45, 7) is 1.99. The van der Waals surface area contributed by atoms with E-state index in [4.69, 9.17) is 5.73 Å². The van der Waals surface area contributed by atoms with E-state index in [2.05, 4.69) is 30.3 Å². The smallest absolute Gasteiger partial charge is 0.0194 e. The molecule has 14 heavy (non-hydrogen) atoms. The molecule has 0 saturated carbocycles. The number of benzene rings is 1. The highest BCUT2D eigenvalue weighted by atomic mass is 35.5. The molecule has 1 rings (SSSR count). The molecule has 1 aromatic carbocycles. The molecule has 78 valence electrons. The van der Waals surface area contributed by atoms with Gasteiger partial charge in [0.05, 0.1) is 0 Å². The van der Waals surface area contributed by atoms with Gasteiger partial charge >= 0.3 is 0 Å². The lowest BCUT2D eigenvalue weighted by Gasteiger charge is -1.97. The average Bonchev–Trinajstić information content (AvgIpc) is 2.14. The molecular weight excluding hydrogens is 194 g/mol. The van der Waals surface area contributed by atoms with Crippen molar-refractivity contribution in [2.75, 3.05) is 0 Å². The zero-order valence-corrected chi connectivity index (χ0v) is 9.34. The van der Waals surface area contributed by atoms with Gasteiger partial charge in [-0.2, -0.15) is 0 Å². The average molecular weight is 212 g/mol. The van der Waals surface area contributed by atoms with Gasteiger partial charge in [-0.15, -0.1) is 12.4 Å². The van der Waals surface area contributed by atoms with E-state index in [0.717, 1.165) is 12.8 Å². The van der Waals surface area contributed by atoms with Crippen LogP contribution in [-0.2, 0) is 6.42 Å². The Morgan fingerprint density at radius 2 is 1.93 bits per heavy atom. The van der Waals surface area contributed by atoms with Crippen LogP contribution in [0.2, 0.25) is 0 Å². The monoisotopic (exact) mass is 211 g/mol. The van der Waals surface area contributed by atoms with Crippen LogP contribution in [0.15, 0.2) is 42.5 Å². The van der Waals surface area contributed by atoms with Gasteiger partial charge in [0.2, 0.25) is 0 Å². The maximum absolute atomic E-state index is 5.59. The lowest BCUT2D eigenvalue weighted by molar-refractivity contribution is 0.906. The van der Waals surface area contributed by atoms with Gasteiger partial charge in [-0.25, -0.2) is 0 Å². The van der Waals surface area contributed by atoms with Crippen LogP contribution < -0.4 is 5.73 Å². The number of aryl methyl sites for hydroxylation is 1. The van der Waals surface area contributed by atoms with Gasteiger partial charge in [0.15, 0.2) is 0 Å². The van der Waals surface area contributed by atoms with Gasteiger partial charge in [-0.3, -0.25) is 0 Å². The zero-order chi connectivity index (χ0) is 9.52. The number of hydrogen-bond acceptors (Lipinski definition) is 1. The topological polar surface area (TPSA) is 26.0 Å². The second kappa shape index (κ2) is 7.60. The predicted molar refractivity (Wildman–Crippen MR) is 64.8 cm³/mol. The maximum Gasteiger partial charge on any atom is 0.0194 e. The molecule has 0 amide bonds. The van der Waals surface area contributed by atoms with E-state index in [0.29, 0.717) is 0 Å². The molecular formula is C12H18ClN. The first-order valence-corrected chi connectivity index (χ1v) is 4.75. The summed E-state index contributed by atoms with van der Waals surface area (Å²) < 4.78 is 0. The van der Waals surface area contributed by atoms with Crippen molar-refractivity contribution in [2.24, 2.45) is 5.73 Å². The molecule has 0 saturated heterocycles. The molecule has 1 atom stereocenters. The second-order valence-electron chi connectivity index (χ2n) is 3.31. The molecule has 0 aliphatic carbocycles. The van der Waals surface area contributed by atoms with E-state index in [9.17, 15) is 0 Å². The Hall–Kier alpha value is -0.790. The molecule has 0 heterocycles. The maximum atomic E-state index is 5.59. The Labute approximate surface area is 92.4 Å². The second-order valence-corrected chi connectivity index (χ2v) is 3.31. The molecule has 2 heteroatoms. The third kappa shape index (κ3) is 5.79. The van der Waals surface area contributed by atoms with Crippen LogP contribution in [0, 0.1) is 0 Å². The minimum atomic E-state index is 0. The van der Waals surface area contributed by atoms with Gasteiger partial charge in [0.25, 0.3) is 0 Å². The van der Waals surface area contributed by atoms with Crippen molar-refractivity contribution < 1.29 is 0 Å². The molecule has 1 nitrogen and oxygen atoms in total. The highest BCUT2D eigenvalue weighted by Crippen LogP contribution is 2.02. The molecule has 1 aromatic rings. The van der Waals surface area contributed by atoms with Crippen molar-refractivity contribution in [3.63, 3.8) is 0 Å². The summed E-state index contributed by atoms with van der Waals surface area (Å²) in [5, 5.41) is 0. The number of nitrogens with two attached hydrogens (primary N) is 1. The largest absolute Gasteiger partial charge is 0.325 e. The van der Waals surface area contributed by atoms with E-state index < -0.39 is 0 Å². The third-order valence-electron chi connectivity index (χ3n) is 1.88. The molecule has 0 aliphatic rings. The predicted octanol–water partition coefficient (Wildman–Crippen LogP) is 2.94. The lowest BCUT2D eigenvalue weighted by Crippen LogP contribution is -2.10. The van der Waals surface area contributed by atoms with E-state index in [1.807, 2.05) is 19.1 Å². The van der Waals surface area contributed by atoms with Crippen LogP contribution >= 0.6 is 12.4 Å². The van der Waals surface area contributed by atoms with Crippen LogP contribution in [0.1, 0.15) is 18.9 Å². The first kappa shape index (κ1) is 13.2. The Bertz CT molecular complexity index is 254. The van der Waals surface area contributed by atoms with Crippen molar-refractivity contribution >= 4 is 12.4 Å². The van der Waals surface area contributed by atoms with E-state index >= 15 is 0 Å².